The second-order valence-corrected chi connectivity index (χ2v) is 6.75. The molecule has 1 aliphatic carbocycles. The predicted molar refractivity (Wildman–Crippen MR) is 82.7 cm³/mol. The van der Waals surface area contributed by atoms with Crippen LogP contribution in [0.1, 0.15) is 31.7 Å². The van der Waals surface area contributed by atoms with Crippen molar-refractivity contribution < 1.29 is 14.7 Å². The molecule has 2 amide bonds. The van der Waals surface area contributed by atoms with Crippen LogP contribution >= 0.6 is 0 Å². The number of carbonyl (C=O) groups excluding carboxylic acids is 1. The van der Waals surface area contributed by atoms with Gasteiger partial charge in [-0.1, -0.05) is 37.3 Å². The highest BCUT2D eigenvalue weighted by atomic mass is 16.4. The van der Waals surface area contributed by atoms with Crippen molar-refractivity contribution in [2.24, 2.45) is 5.92 Å². The summed E-state index contributed by atoms with van der Waals surface area (Å²) in [6, 6.07) is 10.4. The molecular formula is C17H22N2O3. The number of urea groups is 1. The van der Waals surface area contributed by atoms with Gasteiger partial charge in [-0.3, -0.25) is 4.79 Å². The highest BCUT2D eigenvalue weighted by molar-refractivity contribution is 5.77. The SMILES string of the molecule is CC1(c2ccccc2)CC(NC(=O)N2CCC(C(=O)O)C2)C1. The molecule has 1 saturated heterocycles. The summed E-state index contributed by atoms with van der Waals surface area (Å²) in [6.07, 6.45) is 2.41. The molecule has 1 saturated carbocycles. The first-order valence-electron chi connectivity index (χ1n) is 7.82. The highest BCUT2D eigenvalue weighted by Crippen LogP contribution is 2.43. The number of nitrogens with zero attached hydrogens (tertiary/aromatic N) is 1. The highest BCUT2D eigenvalue weighted by Gasteiger charge is 2.43. The van der Waals surface area contributed by atoms with Crippen LogP contribution in [0.4, 0.5) is 4.79 Å². The number of rotatable bonds is 3. The summed E-state index contributed by atoms with van der Waals surface area (Å²) in [5.41, 5.74) is 1.45. The molecule has 2 fully saturated rings. The maximum atomic E-state index is 12.2. The van der Waals surface area contributed by atoms with Crippen molar-refractivity contribution in [2.45, 2.75) is 37.6 Å². The lowest BCUT2D eigenvalue weighted by Gasteiger charge is -2.46. The largest absolute Gasteiger partial charge is 0.481 e. The van der Waals surface area contributed by atoms with Crippen LogP contribution in [0.3, 0.4) is 0 Å². The smallest absolute Gasteiger partial charge is 0.317 e. The van der Waals surface area contributed by atoms with Gasteiger partial charge in [0.05, 0.1) is 5.92 Å². The fourth-order valence-corrected chi connectivity index (χ4v) is 3.62. The zero-order chi connectivity index (χ0) is 15.7. The van der Waals surface area contributed by atoms with Crippen LogP contribution < -0.4 is 5.32 Å². The third-order valence-corrected chi connectivity index (χ3v) is 5.02. The number of benzene rings is 1. The Hall–Kier alpha value is -2.04. The molecule has 1 aromatic carbocycles. The Bertz CT molecular complexity index is 567. The Morgan fingerprint density at radius 2 is 1.95 bits per heavy atom. The number of carboxylic acid groups (broad SMARTS) is 1. The molecular weight excluding hydrogens is 280 g/mol. The zero-order valence-corrected chi connectivity index (χ0v) is 12.8. The zero-order valence-electron chi connectivity index (χ0n) is 12.8. The van der Waals surface area contributed by atoms with Crippen LogP contribution in [0.15, 0.2) is 30.3 Å². The van der Waals surface area contributed by atoms with Crippen LogP contribution in [0.5, 0.6) is 0 Å². The Balaban J connectivity index is 1.50. The van der Waals surface area contributed by atoms with Gasteiger partial charge in [0, 0.05) is 19.1 Å². The van der Waals surface area contributed by atoms with Crippen molar-refractivity contribution in [2.75, 3.05) is 13.1 Å². The Morgan fingerprint density at radius 1 is 1.27 bits per heavy atom. The van der Waals surface area contributed by atoms with Gasteiger partial charge in [-0.15, -0.1) is 0 Å². The molecule has 118 valence electrons. The third-order valence-electron chi connectivity index (χ3n) is 5.02. The summed E-state index contributed by atoms with van der Waals surface area (Å²) in [5, 5.41) is 12.0. The fourth-order valence-electron chi connectivity index (χ4n) is 3.62. The maximum Gasteiger partial charge on any atom is 0.317 e. The molecule has 0 spiro atoms. The van der Waals surface area contributed by atoms with Crippen molar-refractivity contribution >= 4 is 12.0 Å². The summed E-state index contributed by atoms with van der Waals surface area (Å²) >= 11 is 0. The van der Waals surface area contributed by atoms with Gasteiger partial charge in [0.1, 0.15) is 0 Å². The topological polar surface area (TPSA) is 69.6 Å². The van der Waals surface area contributed by atoms with Crippen LogP contribution in [-0.4, -0.2) is 41.1 Å². The van der Waals surface area contributed by atoms with Gasteiger partial charge in [-0.2, -0.15) is 0 Å². The molecule has 5 nitrogen and oxygen atoms in total. The standard InChI is InChI=1S/C17H22N2O3/c1-17(13-5-3-2-4-6-13)9-14(10-17)18-16(22)19-8-7-12(11-19)15(20)21/h2-6,12,14H,7-11H2,1H3,(H,18,22)(H,20,21). The number of nitrogens with one attached hydrogen (secondary N) is 1. The number of hydrogen-bond acceptors (Lipinski definition) is 2. The van der Waals surface area contributed by atoms with E-state index in [1.165, 1.54) is 5.56 Å². The Morgan fingerprint density at radius 3 is 2.55 bits per heavy atom. The number of carbonyl (C=O) groups is 2. The fraction of sp³-hybridized carbons (Fsp3) is 0.529. The number of hydrogen-bond donors (Lipinski definition) is 2. The van der Waals surface area contributed by atoms with E-state index < -0.39 is 11.9 Å². The van der Waals surface area contributed by atoms with E-state index in [2.05, 4.69) is 24.4 Å². The molecule has 2 N–H and O–H groups in total. The molecule has 3 rings (SSSR count). The van der Waals surface area contributed by atoms with Gasteiger partial charge >= 0.3 is 12.0 Å². The number of aliphatic carboxylic acids is 1. The first-order chi connectivity index (χ1) is 10.5. The van der Waals surface area contributed by atoms with E-state index >= 15 is 0 Å². The van der Waals surface area contributed by atoms with E-state index in [0.29, 0.717) is 19.5 Å². The lowest BCUT2D eigenvalue weighted by atomic mass is 9.63. The first-order valence-corrected chi connectivity index (χ1v) is 7.82. The van der Waals surface area contributed by atoms with Crippen molar-refractivity contribution in [3.63, 3.8) is 0 Å². The summed E-state index contributed by atoms with van der Waals surface area (Å²) < 4.78 is 0. The molecule has 1 heterocycles. The van der Waals surface area contributed by atoms with E-state index in [-0.39, 0.29) is 17.5 Å². The monoisotopic (exact) mass is 302 g/mol. The third kappa shape index (κ3) is 2.80. The number of carboxylic acids is 1. The number of likely N-dealkylation sites (tertiary alicyclic amines) is 1. The Labute approximate surface area is 130 Å². The molecule has 5 heteroatoms. The number of amides is 2. The second-order valence-electron chi connectivity index (χ2n) is 6.75. The first kappa shape index (κ1) is 14.9. The Kier molecular flexibility index (Phi) is 3.81. The molecule has 0 bridgehead atoms. The van der Waals surface area contributed by atoms with Crippen LogP contribution in [0.25, 0.3) is 0 Å². The van der Waals surface area contributed by atoms with Gasteiger partial charge in [-0.05, 0) is 30.2 Å². The molecule has 1 unspecified atom stereocenters. The van der Waals surface area contributed by atoms with Gasteiger partial charge in [0.15, 0.2) is 0 Å². The molecule has 1 atom stereocenters. The quantitative estimate of drug-likeness (QED) is 0.899. The average molecular weight is 302 g/mol. The van der Waals surface area contributed by atoms with Gasteiger partial charge in [0.25, 0.3) is 0 Å². The van der Waals surface area contributed by atoms with E-state index in [1.807, 2.05) is 18.2 Å². The van der Waals surface area contributed by atoms with E-state index in [0.717, 1.165) is 12.8 Å². The van der Waals surface area contributed by atoms with Crippen LogP contribution in [-0.2, 0) is 10.2 Å². The van der Waals surface area contributed by atoms with Crippen LogP contribution in [0, 0.1) is 5.92 Å². The van der Waals surface area contributed by atoms with Crippen LogP contribution in [0.2, 0.25) is 0 Å². The lowest BCUT2D eigenvalue weighted by molar-refractivity contribution is -0.141. The van der Waals surface area contributed by atoms with Gasteiger partial charge < -0.3 is 15.3 Å². The van der Waals surface area contributed by atoms with Gasteiger partial charge in [-0.25, -0.2) is 4.79 Å². The summed E-state index contributed by atoms with van der Waals surface area (Å²) in [6.45, 7) is 3.08. The van der Waals surface area contributed by atoms with Crippen molar-refractivity contribution in [3.05, 3.63) is 35.9 Å². The molecule has 2 aliphatic rings. The minimum Gasteiger partial charge on any atom is -0.481 e. The lowest BCUT2D eigenvalue weighted by Crippen LogP contribution is -2.54. The van der Waals surface area contributed by atoms with Crippen molar-refractivity contribution in [1.29, 1.82) is 0 Å². The molecule has 0 aromatic heterocycles. The van der Waals surface area contributed by atoms with Gasteiger partial charge in [0.2, 0.25) is 0 Å². The van der Waals surface area contributed by atoms with E-state index in [4.69, 9.17) is 5.11 Å². The molecule has 1 aliphatic heterocycles. The predicted octanol–water partition coefficient (Wildman–Crippen LogP) is 2.22. The molecule has 1 aromatic rings. The van der Waals surface area contributed by atoms with Crippen molar-refractivity contribution in [1.82, 2.24) is 10.2 Å². The summed E-state index contributed by atoms with van der Waals surface area (Å²) in [7, 11) is 0. The van der Waals surface area contributed by atoms with Crippen molar-refractivity contribution in [3.8, 4) is 0 Å². The average Bonchev–Trinajstić information content (AvgIpc) is 2.96. The minimum absolute atomic E-state index is 0.121. The second kappa shape index (κ2) is 5.63. The minimum atomic E-state index is -0.810. The molecule has 0 radical (unpaired) electrons. The molecule has 22 heavy (non-hydrogen) atoms. The van der Waals surface area contributed by atoms with E-state index in [9.17, 15) is 9.59 Å². The summed E-state index contributed by atoms with van der Waals surface area (Å²) in [5.74, 6) is -1.22. The normalized spacial score (nSPS) is 30.7. The van der Waals surface area contributed by atoms with E-state index in [1.54, 1.807) is 4.90 Å². The maximum absolute atomic E-state index is 12.2. The summed E-state index contributed by atoms with van der Waals surface area (Å²) in [4.78, 5) is 24.8.